The molecule has 1 aromatic carbocycles. The first kappa shape index (κ1) is 12.9. The van der Waals surface area contributed by atoms with Gasteiger partial charge in [0.1, 0.15) is 5.82 Å². The van der Waals surface area contributed by atoms with Gasteiger partial charge in [-0.1, -0.05) is 0 Å². The van der Waals surface area contributed by atoms with Gasteiger partial charge in [0, 0.05) is 13.1 Å². The molecule has 92 valence electrons. The third kappa shape index (κ3) is 2.49. The second kappa shape index (κ2) is 4.77. The number of aryl methyl sites for hydroxylation is 1. The van der Waals surface area contributed by atoms with Crippen LogP contribution in [0.15, 0.2) is 12.1 Å². The lowest BCUT2D eigenvalue weighted by Crippen LogP contribution is -2.46. The second-order valence-electron chi connectivity index (χ2n) is 3.33. The van der Waals surface area contributed by atoms with E-state index >= 15 is 0 Å². The fourth-order valence-corrected chi connectivity index (χ4v) is 1.42. The number of carbonyl (C=O) groups excluding carboxylic acids is 1. The molecule has 5 nitrogen and oxygen atoms in total. The van der Waals surface area contributed by atoms with Crippen LogP contribution >= 0.6 is 0 Å². The number of urea groups is 1. The Kier molecular flexibility index (Phi) is 3.62. The summed E-state index contributed by atoms with van der Waals surface area (Å²) in [5.41, 5.74) is 5.14. The van der Waals surface area contributed by atoms with E-state index in [1.807, 2.05) is 0 Å². The molecule has 1 aromatic rings. The number of nitrogens with zero attached hydrogens (tertiary/aromatic N) is 1. The van der Waals surface area contributed by atoms with Crippen LogP contribution in [0.5, 0.6) is 0 Å². The Morgan fingerprint density at radius 2 is 2.06 bits per heavy atom. The average molecular weight is 242 g/mol. The largest absolute Gasteiger partial charge is 0.369 e. The van der Waals surface area contributed by atoms with Crippen molar-refractivity contribution in [3.8, 4) is 0 Å². The van der Waals surface area contributed by atoms with Gasteiger partial charge in [-0.25, -0.2) is 18.5 Å². The second-order valence-corrected chi connectivity index (χ2v) is 3.33. The van der Waals surface area contributed by atoms with Gasteiger partial charge in [-0.3, -0.25) is 5.41 Å². The van der Waals surface area contributed by atoms with Crippen molar-refractivity contribution < 1.29 is 13.6 Å². The van der Waals surface area contributed by atoms with Gasteiger partial charge in [0.2, 0.25) is 5.96 Å². The maximum Gasteiger partial charge on any atom is 0.328 e. The molecule has 0 heterocycles. The molecule has 7 heteroatoms. The first-order valence-corrected chi connectivity index (χ1v) is 4.70. The molecule has 0 fully saturated rings. The van der Waals surface area contributed by atoms with E-state index in [-0.39, 0.29) is 11.3 Å². The normalized spacial score (nSPS) is 9.88. The third-order valence-corrected chi connectivity index (χ3v) is 2.10. The molecule has 0 saturated heterocycles. The third-order valence-electron chi connectivity index (χ3n) is 2.10. The van der Waals surface area contributed by atoms with Crippen molar-refractivity contribution in [3.05, 3.63) is 29.3 Å². The lowest BCUT2D eigenvalue weighted by molar-refractivity contribution is 0.250. The summed E-state index contributed by atoms with van der Waals surface area (Å²) in [7, 11) is 1.31. The van der Waals surface area contributed by atoms with Gasteiger partial charge in [-0.05, 0) is 18.6 Å². The molecule has 0 aliphatic heterocycles. The smallest absolute Gasteiger partial charge is 0.328 e. The van der Waals surface area contributed by atoms with Crippen LogP contribution in [0.25, 0.3) is 0 Å². The molecule has 0 saturated carbocycles. The number of anilines is 1. The monoisotopic (exact) mass is 242 g/mol. The van der Waals surface area contributed by atoms with Gasteiger partial charge in [-0.15, -0.1) is 0 Å². The first-order valence-electron chi connectivity index (χ1n) is 4.70. The van der Waals surface area contributed by atoms with Crippen molar-refractivity contribution in [2.75, 3.05) is 11.9 Å². The number of rotatable bonds is 1. The van der Waals surface area contributed by atoms with Crippen LogP contribution in [0, 0.1) is 24.0 Å². The topological polar surface area (TPSA) is 82.2 Å². The molecule has 0 aliphatic carbocycles. The van der Waals surface area contributed by atoms with E-state index in [0.717, 1.165) is 6.07 Å². The highest BCUT2D eigenvalue weighted by atomic mass is 19.1. The number of hydrogen-bond acceptors (Lipinski definition) is 2. The van der Waals surface area contributed by atoms with Crippen molar-refractivity contribution >= 4 is 17.7 Å². The summed E-state index contributed by atoms with van der Waals surface area (Å²) in [6, 6.07) is 0.907. The quantitative estimate of drug-likeness (QED) is 0.512. The van der Waals surface area contributed by atoms with Crippen LogP contribution in [0.3, 0.4) is 0 Å². The summed E-state index contributed by atoms with van der Waals surface area (Å²) < 4.78 is 26.5. The van der Waals surface area contributed by atoms with E-state index in [9.17, 15) is 13.6 Å². The highest BCUT2D eigenvalue weighted by Crippen LogP contribution is 2.25. The Bertz CT molecular complexity index is 452. The summed E-state index contributed by atoms with van der Waals surface area (Å²) in [6.07, 6.45) is 0. The molecule has 4 N–H and O–H groups in total. The molecular formula is C10H12F2N4O. The number of nitrogens with two attached hydrogens (primary N) is 1. The van der Waals surface area contributed by atoms with Gasteiger partial charge >= 0.3 is 6.03 Å². The van der Waals surface area contributed by atoms with Gasteiger partial charge in [-0.2, -0.15) is 0 Å². The summed E-state index contributed by atoms with van der Waals surface area (Å²) in [5.74, 6) is -2.37. The minimum atomic E-state index is -0.957. The molecule has 17 heavy (non-hydrogen) atoms. The van der Waals surface area contributed by atoms with Crippen molar-refractivity contribution in [2.24, 2.45) is 5.73 Å². The molecule has 0 aromatic heterocycles. The Morgan fingerprint density at radius 1 is 1.47 bits per heavy atom. The summed E-state index contributed by atoms with van der Waals surface area (Å²) in [6.45, 7) is 1.42. The van der Waals surface area contributed by atoms with E-state index in [1.165, 1.54) is 14.0 Å². The van der Waals surface area contributed by atoms with Gasteiger partial charge < -0.3 is 11.1 Å². The maximum absolute atomic E-state index is 13.6. The Hall–Kier alpha value is -2.18. The van der Waals surface area contributed by atoms with Gasteiger partial charge in [0.25, 0.3) is 0 Å². The van der Waals surface area contributed by atoms with Crippen LogP contribution in [-0.2, 0) is 0 Å². The average Bonchev–Trinajstić information content (AvgIpc) is 2.21. The van der Waals surface area contributed by atoms with Crippen molar-refractivity contribution in [1.82, 2.24) is 5.32 Å². The van der Waals surface area contributed by atoms with Crippen LogP contribution in [0.4, 0.5) is 19.3 Å². The number of hydrogen-bond donors (Lipinski definition) is 3. The highest BCUT2D eigenvalue weighted by molar-refractivity contribution is 6.14. The molecule has 0 atom stereocenters. The zero-order valence-electron chi connectivity index (χ0n) is 9.34. The minimum absolute atomic E-state index is 0.168. The zero-order chi connectivity index (χ0) is 13.2. The molecule has 0 spiro atoms. The maximum atomic E-state index is 13.6. The van der Waals surface area contributed by atoms with E-state index in [4.69, 9.17) is 11.1 Å². The molecule has 0 aliphatic rings. The van der Waals surface area contributed by atoms with Crippen molar-refractivity contribution in [3.63, 3.8) is 0 Å². The van der Waals surface area contributed by atoms with Crippen LogP contribution in [0.2, 0.25) is 0 Å². The summed E-state index contributed by atoms with van der Waals surface area (Å²) in [4.78, 5) is 12.1. The number of benzene rings is 1. The van der Waals surface area contributed by atoms with Crippen molar-refractivity contribution in [1.29, 1.82) is 5.41 Å². The van der Waals surface area contributed by atoms with Crippen LogP contribution < -0.4 is 16.0 Å². The molecular weight excluding hydrogens is 230 g/mol. The van der Waals surface area contributed by atoms with Crippen LogP contribution in [-0.4, -0.2) is 19.0 Å². The van der Waals surface area contributed by atoms with Gasteiger partial charge in [0.15, 0.2) is 5.82 Å². The van der Waals surface area contributed by atoms with Crippen LogP contribution in [0.1, 0.15) is 5.56 Å². The number of guanidine groups is 1. The van der Waals surface area contributed by atoms with E-state index < -0.39 is 23.6 Å². The van der Waals surface area contributed by atoms with E-state index in [1.54, 1.807) is 0 Å². The summed E-state index contributed by atoms with van der Waals surface area (Å²) in [5, 5.41) is 9.47. The SMILES string of the molecule is CNC(=O)N(C(=N)N)c1c(C)cc(F)cc1F. The molecule has 1 rings (SSSR count). The number of halogens is 2. The Morgan fingerprint density at radius 3 is 2.47 bits per heavy atom. The highest BCUT2D eigenvalue weighted by Gasteiger charge is 2.23. The molecule has 2 amide bonds. The first-order chi connectivity index (χ1) is 7.88. The standard InChI is InChI=1S/C10H12F2N4O/c1-5-3-6(11)4-7(12)8(5)16(9(13)14)10(17)15-2/h3-4H,1-2H3,(H3,13,14)(H,15,17). The van der Waals surface area contributed by atoms with E-state index in [0.29, 0.717) is 11.0 Å². The Labute approximate surface area is 96.7 Å². The van der Waals surface area contributed by atoms with E-state index in [2.05, 4.69) is 5.32 Å². The fraction of sp³-hybridized carbons (Fsp3) is 0.200. The fourth-order valence-electron chi connectivity index (χ4n) is 1.42. The molecule has 0 unspecified atom stereocenters. The number of amides is 2. The molecule has 0 radical (unpaired) electrons. The van der Waals surface area contributed by atoms with Gasteiger partial charge in [0.05, 0.1) is 5.69 Å². The Balaban J connectivity index is 3.38. The predicted octanol–water partition coefficient (Wildman–Crippen LogP) is 1.31. The number of carbonyl (C=O) groups is 1. The molecule has 0 bridgehead atoms. The minimum Gasteiger partial charge on any atom is -0.369 e. The number of nitrogens with one attached hydrogen (secondary N) is 2. The van der Waals surface area contributed by atoms with Crippen molar-refractivity contribution in [2.45, 2.75) is 6.92 Å². The zero-order valence-corrected chi connectivity index (χ0v) is 9.34. The lowest BCUT2D eigenvalue weighted by atomic mass is 10.1. The lowest BCUT2D eigenvalue weighted by Gasteiger charge is -2.22. The predicted molar refractivity (Wildman–Crippen MR) is 59.9 cm³/mol. The summed E-state index contributed by atoms with van der Waals surface area (Å²) >= 11 is 0.